The lowest BCUT2D eigenvalue weighted by Gasteiger charge is -2.17. The predicted octanol–water partition coefficient (Wildman–Crippen LogP) is 1.65. The van der Waals surface area contributed by atoms with Crippen LogP contribution in [0.4, 0.5) is 0 Å². The summed E-state index contributed by atoms with van der Waals surface area (Å²) in [6.45, 7) is 4.48. The Morgan fingerprint density at radius 1 is 1.43 bits per heavy atom. The van der Waals surface area contributed by atoms with E-state index in [-0.39, 0.29) is 0 Å². The van der Waals surface area contributed by atoms with E-state index >= 15 is 0 Å². The Hall–Kier alpha value is -0.960. The standard InChI is InChI=1S/C11H19N3/c1-9(2)6-11(12-3)7-10-4-5-13-8-14-10/h4-5,8-9,11-12H,6-7H2,1-3H3. The molecule has 0 aliphatic carbocycles. The molecule has 0 saturated carbocycles. The molecule has 1 rings (SSSR count). The highest BCUT2D eigenvalue weighted by Crippen LogP contribution is 2.08. The van der Waals surface area contributed by atoms with Crippen LogP contribution in [0.2, 0.25) is 0 Å². The molecule has 3 nitrogen and oxygen atoms in total. The van der Waals surface area contributed by atoms with Crippen molar-refractivity contribution in [3.8, 4) is 0 Å². The number of nitrogens with zero attached hydrogens (tertiary/aromatic N) is 2. The second-order valence-corrected chi connectivity index (χ2v) is 4.02. The number of likely N-dealkylation sites (N-methyl/N-ethyl adjacent to an activating group) is 1. The zero-order valence-corrected chi connectivity index (χ0v) is 9.20. The average Bonchev–Trinajstić information content (AvgIpc) is 2.17. The van der Waals surface area contributed by atoms with Gasteiger partial charge >= 0.3 is 0 Å². The minimum absolute atomic E-state index is 0.518. The molecule has 0 spiro atoms. The monoisotopic (exact) mass is 193 g/mol. The van der Waals surface area contributed by atoms with Crippen LogP contribution >= 0.6 is 0 Å². The molecule has 0 aromatic carbocycles. The van der Waals surface area contributed by atoms with Crippen LogP contribution in [0.5, 0.6) is 0 Å². The van der Waals surface area contributed by atoms with Gasteiger partial charge in [0.1, 0.15) is 6.33 Å². The van der Waals surface area contributed by atoms with Gasteiger partial charge in [-0.15, -0.1) is 0 Å². The second kappa shape index (κ2) is 5.70. The van der Waals surface area contributed by atoms with Gasteiger partial charge in [0.25, 0.3) is 0 Å². The Morgan fingerprint density at radius 2 is 2.21 bits per heavy atom. The fraction of sp³-hybridized carbons (Fsp3) is 0.636. The van der Waals surface area contributed by atoms with E-state index in [0.717, 1.165) is 12.1 Å². The van der Waals surface area contributed by atoms with Gasteiger partial charge in [-0.05, 0) is 25.5 Å². The van der Waals surface area contributed by atoms with Gasteiger partial charge in [-0.25, -0.2) is 9.97 Å². The third-order valence-corrected chi connectivity index (χ3v) is 2.26. The molecule has 1 unspecified atom stereocenters. The number of hydrogen-bond donors (Lipinski definition) is 1. The molecule has 1 heterocycles. The second-order valence-electron chi connectivity index (χ2n) is 4.02. The summed E-state index contributed by atoms with van der Waals surface area (Å²) in [6.07, 6.45) is 5.57. The van der Waals surface area contributed by atoms with Crippen LogP contribution in [0.15, 0.2) is 18.6 Å². The largest absolute Gasteiger partial charge is 0.317 e. The summed E-state index contributed by atoms with van der Waals surface area (Å²) in [4.78, 5) is 8.13. The fourth-order valence-electron chi connectivity index (χ4n) is 1.56. The Balaban J connectivity index is 2.48. The third kappa shape index (κ3) is 3.83. The topological polar surface area (TPSA) is 37.8 Å². The molecular weight excluding hydrogens is 174 g/mol. The molecule has 0 amide bonds. The highest BCUT2D eigenvalue weighted by atomic mass is 14.9. The number of rotatable bonds is 5. The van der Waals surface area contributed by atoms with Crippen molar-refractivity contribution in [2.45, 2.75) is 32.7 Å². The first-order valence-corrected chi connectivity index (χ1v) is 5.14. The maximum atomic E-state index is 4.22. The van der Waals surface area contributed by atoms with Gasteiger partial charge in [0, 0.05) is 24.4 Å². The zero-order chi connectivity index (χ0) is 10.4. The average molecular weight is 193 g/mol. The summed E-state index contributed by atoms with van der Waals surface area (Å²) in [6, 6.07) is 2.50. The Bertz CT molecular complexity index is 246. The number of nitrogens with one attached hydrogen (secondary N) is 1. The molecule has 78 valence electrons. The van der Waals surface area contributed by atoms with Crippen LogP contribution in [-0.2, 0) is 6.42 Å². The van der Waals surface area contributed by atoms with Crippen molar-refractivity contribution in [2.75, 3.05) is 7.05 Å². The molecule has 1 aromatic rings. The van der Waals surface area contributed by atoms with Crippen molar-refractivity contribution in [3.63, 3.8) is 0 Å². The van der Waals surface area contributed by atoms with Crippen LogP contribution in [-0.4, -0.2) is 23.1 Å². The molecule has 14 heavy (non-hydrogen) atoms. The summed E-state index contributed by atoms with van der Waals surface area (Å²) in [7, 11) is 2.01. The van der Waals surface area contributed by atoms with E-state index in [1.165, 1.54) is 6.42 Å². The van der Waals surface area contributed by atoms with Crippen molar-refractivity contribution in [1.29, 1.82) is 0 Å². The summed E-state index contributed by atoms with van der Waals surface area (Å²) in [5, 5.41) is 3.32. The molecule has 0 bridgehead atoms. The van der Waals surface area contributed by atoms with Gasteiger partial charge < -0.3 is 5.32 Å². The molecular formula is C11H19N3. The van der Waals surface area contributed by atoms with E-state index < -0.39 is 0 Å². The molecule has 3 heteroatoms. The van der Waals surface area contributed by atoms with Crippen LogP contribution in [0, 0.1) is 5.92 Å². The third-order valence-electron chi connectivity index (χ3n) is 2.26. The minimum Gasteiger partial charge on any atom is -0.317 e. The zero-order valence-electron chi connectivity index (χ0n) is 9.20. The molecule has 0 aliphatic rings. The van der Waals surface area contributed by atoms with Gasteiger partial charge in [0.05, 0.1) is 0 Å². The van der Waals surface area contributed by atoms with Crippen LogP contribution in [0.3, 0.4) is 0 Å². The Morgan fingerprint density at radius 3 is 2.71 bits per heavy atom. The van der Waals surface area contributed by atoms with Crippen molar-refractivity contribution in [1.82, 2.24) is 15.3 Å². The van der Waals surface area contributed by atoms with Gasteiger partial charge in [-0.3, -0.25) is 0 Å². The van der Waals surface area contributed by atoms with Crippen LogP contribution in [0.1, 0.15) is 26.0 Å². The van der Waals surface area contributed by atoms with Crippen molar-refractivity contribution in [2.24, 2.45) is 5.92 Å². The summed E-state index contributed by atoms with van der Waals surface area (Å²) in [5.74, 6) is 0.717. The Kier molecular flexibility index (Phi) is 4.53. The molecule has 1 aromatic heterocycles. The smallest absolute Gasteiger partial charge is 0.115 e. The highest BCUT2D eigenvalue weighted by Gasteiger charge is 2.09. The molecule has 0 radical (unpaired) electrons. The van der Waals surface area contributed by atoms with Gasteiger partial charge in [0.15, 0.2) is 0 Å². The van der Waals surface area contributed by atoms with E-state index in [1.54, 1.807) is 12.5 Å². The lowest BCUT2D eigenvalue weighted by atomic mass is 10.00. The van der Waals surface area contributed by atoms with Gasteiger partial charge in [-0.2, -0.15) is 0 Å². The van der Waals surface area contributed by atoms with Gasteiger partial charge in [0.2, 0.25) is 0 Å². The molecule has 1 N–H and O–H groups in total. The first-order chi connectivity index (χ1) is 6.72. The molecule has 0 fully saturated rings. The van der Waals surface area contributed by atoms with Crippen molar-refractivity contribution < 1.29 is 0 Å². The van der Waals surface area contributed by atoms with E-state index in [1.807, 2.05) is 13.1 Å². The maximum Gasteiger partial charge on any atom is 0.115 e. The van der Waals surface area contributed by atoms with E-state index in [2.05, 4.69) is 29.1 Å². The molecule has 0 aliphatic heterocycles. The SMILES string of the molecule is CNC(Cc1ccncn1)CC(C)C. The number of hydrogen-bond acceptors (Lipinski definition) is 3. The fourth-order valence-corrected chi connectivity index (χ4v) is 1.56. The van der Waals surface area contributed by atoms with E-state index in [9.17, 15) is 0 Å². The highest BCUT2D eigenvalue weighted by molar-refractivity contribution is 5.00. The molecule has 0 saturated heterocycles. The van der Waals surface area contributed by atoms with Crippen molar-refractivity contribution >= 4 is 0 Å². The van der Waals surface area contributed by atoms with Crippen LogP contribution < -0.4 is 5.32 Å². The predicted molar refractivity (Wildman–Crippen MR) is 58.0 cm³/mol. The quantitative estimate of drug-likeness (QED) is 0.772. The lowest BCUT2D eigenvalue weighted by molar-refractivity contribution is 0.438. The normalized spacial score (nSPS) is 13.1. The lowest BCUT2D eigenvalue weighted by Crippen LogP contribution is -2.29. The first kappa shape index (κ1) is 11.1. The first-order valence-electron chi connectivity index (χ1n) is 5.14. The minimum atomic E-state index is 0.518. The van der Waals surface area contributed by atoms with Crippen LogP contribution in [0.25, 0.3) is 0 Å². The summed E-state index contributed by atoms with van der Waals surface area (Å²) in [5.41, 5.74) is 1.11. The summed E-state index contributed by atoms with van der Waals surface area (Å²) < 4.78 is 0. The van der Waals surface area contributed by atoms with Gasteiger partial charge in [-0.1, -0.05) is 13.8 Å². The van der Waals surface area contributed by atoms with E-state index in [4.69, 9.17) is 0 Å². The number of aromatic nitrogens is 2. The Labute approximate surface area is 86.0 Å². The molecule has 1 atom stereocenters. The summed E-state index contributed by atoms with van der Waals surface area (Å²) >= 11 is 0. The van der Waals surface area contributed by atoms with E-state index in [0.29, 0.717) is 12.0 Å². The van der Waals surface area contributed by atoms with Crippen molar-refractivity contribution in [3.05, 3.63) is 24.3 Å². The maximum absolute atomic E-state index is 4.22.